The summed E-state index contributed by atoms with van der Waals surface area (Å²) in [7, 11) is 0. The molecule has 0 radical (unpaired) electrons. The molecule has 0 aromatic carbocycles. The van der Waals surface area contributed by atoms with E-state index >= 15 is 0 Å². The van der Waals surface area contributed by atoms with E-state index in [9.17, 15) is 0 Å². The van der Waals surface area contributed by atoms with Crippen LogP contribution in [0.5, 0.6) is 0 Å². The number of rotatable bonds is 6. The number of nitrogens with two attached hydrogens (primary N) is 1. The number of aromatic nitrogens is 2. The summed E-state index contributed by atoms with van der Waals surface area (Å²) in [5, 5.41) is 4.25. The van der Waals surface area contributed by atoms with Crippen molar-refractivity contribution in [3.63, 3.8) is 0 Å². The van der Waals surface area contributed by atoms with E-state index in [1.807, 2.05) is 0 Å². The van der Waals surface area contributed by atoms with E-state index in [1.54, 1.807) is 0 Å². The smallest absolute Gasteiger partial charge is 0.226 e. The molecule has 1 heterocycles. The van der Waals surface area contributed by atoms with Gasteiger partial charge in [-0.25, -0.2) is 0 Å². The third-order valence-electron chi connectivity index (χ3n) is 5.39. The summed E-state index contributed by atoms with van der Waals surface area (Å²) in [5.41, 5.74) is 5.91. The Balaban J connectivity index is 1.57. The molecule has 1 aromatic rings. The highest BCUT2D eigenvalue weighted by molar-refractivity contribution is 5.06. The molecule has 0 aliphatic heterocycles. The Morgan fingerprint density at radius 2 is 2.10 bits per heavy atom. The molecule has 2 fully saturated rings. The quantitative estimate of drug-likeness (QED) is 0.866. The fourth-order valence-corrected chi connectivity index (χ4v) is 4.04. The monoisotopic (exact) mass is 277 g/mol. The minimum absolute atomic E-state index is 0.260. The third kappa shape index (κ3) is 2.90. The topological polar surface area (TPSA) is 64.9 Å². The van der Waals surface area contributed by atoms with Gasteiger partial charge in [0.05, 0.1) is 0 Å². The molecule has 2 bridgehead atoms. The molecule has 0 spiro atoms. The van der Waals surface area contributed by atoms with Crippen molar-refractivity contribution in [2.75, 3.05) is 6.54 Å². The van der Waals surface area contributed by atoms with E-state index in [0.29, 0.717) is 5.92 Å². The lowest BCUT2D eigenvalue weighted by Gasteiger charge is -2.22. The zero-order valence-corrected chi connectivity index (χ0v) is 12.8. The van der Waals surface area contributed by atoms with E-state index in [-0.39, 0.29) is 5.41 Å². The van der Waals surface area contributed by atoms with Crippen LogP contribution in [-0.2, 0) is 6.42 Å². The minimum Gasteiger partial charge on any atom is -0.339 e. The van der Waals surface area contributed by atoms with Gasteiger partial charge in [0.25, 0.3) is 0 Å². The van der Waals surface area contributed by atoms with Crippen LogP contribution < -0.4 is 5.73 Å². The van der Waals surface area contributed by atoms with Crippen molar-refractivity contribution in [3.8, 4) is 0 Å². The Labute approximate surface area is 121 Å². The van der Waals surface area contributed by atoms with Crippen molar-refractivity contribution in [2.24, 2.45) is 23.0 Å². The summed E-state index contributed by atoms with van der Waals surface area (Å²) >= 11 is 0. The number of hydrogen-bond acceptors (Lipinski definition) is 4. The second-order valence-corrected chi connectivity index (χ2v) is 7.53. The second-order valence-electron chi connectivity index (χ2n) is 7.53. The molecule has 2 N–H and O–H groups in total. The van der Waals surface area contributed by atoms with E-state index in [0.717, 1.165) is 49.4 Å². The van der Waals surface area contributed by atoms with Crippen LogP contribution in [0.2, 0.25) is 0 Å². The SMILES string of the molecule is CC(C)(CCN)CCc1nc(C2CC3CCC2C3)no1. The molecule has 2 aliphatic rings. The number of fused-ring (bicyclic) bond motifs is 2. The molecule has 0 saturated heterocycles. The molecule has 2 aliphatic carbocycles. The average Bonchev–Trinajstić information content (AvgIpc) is 3.12. The Hall–Kier alpha value is -0.900. The maximum absolute atomic E-state index is 5.65. The molecular weight excluding hydrogens is 250 g/mol. The molecule has 0 amide bonds. The maximum atomic E-state index is 5.65. The van der Waals surface area contributed by atoms with E-state index in [4.69, 9.17) is 10.3 Å². The molecule has 3 atom stereocenters. The van der Waals surface area contributed by atoms with Crippen LogP contribution in [0.15, 0.2) is 4.52 Å². The largest absolute Gasteiger partial charge is 0.339 e. The molecule has 3 rings (SSSR count). The van der Waals surface area contributed by atoms with Crippen LogP contribution in [-0.4, -0.2) is 16.7 Å². The van der Waals surface area contributed by atoms with Gasteiger partial charge in [-0.1, -0.05) is 25.4 Å². The van der Waals surface area contributed by atoms with Crippen LogP contribution in [0.4, 0.5) is 0 Å². The van der Waals surface area contributed by atoms with Gasteiger partial charge < -0.3 is 10.3 Å². The maximum Gasteiger partial charge on any atom is 0.226 e. The Morgan fingerprint density at radius 1 is 1.25 bits per heavy atom. The normalized spacial score (nSPS) is 29.2. The predicted octanol–water partition coefficient (Wildman–Crippen LogP) is 3.28. The Kier molecular flexibility index (Phi) is 3.85. The minimum atomic E-state index is 0.260. The van der Waals surface area contributed by atoms with Crippen LogP contribution in [0.3, 0.4) is 0 Å². The summed E-state index contributed by atoms with van der Waals surface area (Å²) in [6, 6.07) is 0. The lowest BCUT2D eigenvalue weighted by atomic mass is 9.84. The van der Waals surface area contributed by atoms with Crippen molar-refractivity contribution in [1.29, 1.82) is 0 Å². The van der Waals surface area contributed by atoms with Gasteiger partial charge in [0.15, 0.2) is 5.82 Å². The van der Waals surface area contributed by atoms with Gasteiger partial charge in [-0.2, -0.15) is 4.98 Å². The Bertz CT molecular complexity index is 454. The first-order valence-corrected chi connectivity index (χ1v) is 8.10. The summed E-state index contributed by atoms with van der Waals surface area (Å²) in [4.78, 5) is 4.67. The fraction of sp³-hybridized carbons (Fsp3) is 0.875. The predicted molar refractivity (Wildman–Crippen MR) is 78.3 cm³/mol. The van der Waals surface area contributed by atoms with Crippen molar-refractivity contribution >= 4 is 0 Å². The summed E-state index contributed by atoms with van der Waals surface area (Å²) in [5.74, 6) is 4.11. The van der Waals surface area contributed by atoms with Crippen LogP contribution in [0, 0.1) is 17.3 Å². The van der Waals surface area contributed by atoms with Crippen LogP contribution >= 0.6 is 0 Å². The number of aryl methyl sites for hydroxylation is 1. The molecular formula is C16H27N3O. The third-order valence-corrected chi connectivity index (χ3v) is 5.39. The first kappa shape index (κ1) is 14.1. The molecule has 4 nitrogen and oxygen atoms in total. The zero-order valence-electron chi connectivity index (χ0n) is 12.8. The highest BCUT2D eigenvalue weighted by Gasteiger charge is 2.42. The van der Waals surface area contributed by atoms with Gasteiger partial charge in [0.2, 0.25) is 5.89 Å². The standard InChI is InChI=1S/C16H27N3O/c1-16(2,7-8-17)6-5-14-18-15(19-20-14)13-10-11-3-4-12(13)9-11/h11-13H,3-10,17H2,1-2H3. The summed E-state index contributed by atoms with van der Waals surface area (Å²) in [6.45, 7) is 5.26. The average molecular weight is 277 g/mol. The molecule has 20 heavy (non-hydrogen) atoms. The van der Waals surface area contributed by atoms with Crippen LogP contribution in [0.25, 0.3) is 0 Å². The van der Waals surface area contributed by atoms with Gasteiger partial charge in [-0.15, -0.1) is 0 Å². The van der Waals surface area contributed by atoms with Crippen molar-refractivity contribution in [3.05, 3.63) is 11.7 Å². The van der Waals surface area contributed by atoms with Gasteiger partial charge in [0.1, 0.15) is 0 Å². The second kappa shape index (κ2) is 5.47. The lowest BCUT2D eigenvalue weighted by Crippen LogP contribution is -2.18. The van der Waals surface area contributed by atoms with Crippen LogP contribution in [0.1, 0.15) is 70.0 Å². The number of nitrogens with zero attached hydrogens (tertiary/aromatic N) is 2. The molecule has 1 aromatic heterocycles. The van der Waals surface area contributed by atoms with Gasteiger partial charge >= 0.3 is 0 Å². The van der Waals surface area contributed by atoms with E-state index in [1.165, 1.54) is 25.7 Å². The van der Waals surface area contributed by atoms with Gasteiger partial charge in [0, 0.05) is 12.3 Å². The number of hydrogen-bond donors (Lipinski definition) is 1. The lowest BCUT2D eigenvalue weighted by molar-refractivity contribution is 0.287. The summed E-state index contributed by atoms with van der Waals surface area (Å²) < 4.78 is 5.47. The molecule has 112 valence electrons. The van der Waals surface area contributed by atoms with Gasteiger partial charge in [-0.3, -0.25) is 0 Å². The summed E-state index contributed by atoms with van der Waals surface area (Å²) in [6.07, 6.45) is 8.42. The highest BCUT2D eigenvalue weighted by Crippen LogP contribution is 2.52. The van der Waals surface area contributed by atoms with Gasteiger partial charge in [-0.05, 0) is 55.9 Å². The van der Waals surface area contributed by atoms with Crippen molar-refractivity contribution < 1.29 is 4.52 Å². The highest BCUT2D eigenvalue weighted by atomic mass is 16.5. The fourth-order valence-electron chi connectivity index (χ4n) is 4.04. The zero-order chi connectivity index (χ0) is 14.2. The van der Waals surface area contributed by atoms with Crippen molar-refractivity contribution in [1.82, 2.24) is 10.1 Å². The van der Waals surface area contributed by atoms with Crippen molar-refractivity contribution in [2.45, 2.75) is 64.7 Å². The van der Waals surface area contributed by atoms with E-state index in [2.05, 4.69) is 24.0 Å². The molecule has 3 unspecified atom stereocenters. The van der Waals surface area contributed by atoms with E-state index < -0.39 is 0 Å². The first-order valence-electron chi connectivity index (χ1n) is 8.10. The molecule has 4 heteroatoms. The molecule has 2 saturated carbocycles. The Morgan fingerprint density at radius 3 is 2.75 bits per heavy atom. The first-order chi connectivity index (χ1) is 9.57.